The van der Waals surface area contributed by atoms with E-state index in [0.29, 0.717) is 0 Å². The van der Waals surface area contributed by atoms with Crippen molar-refractivity contribution in [2.45, 2.75) is 32.4 Å². The summed E-state index contributed by atoms with van der Waals surface area (Å²) < 4.78 is 13.5. The van der Waals surface area contributed by atoms with Crippen LogP contribution in [-0.4, -0.2) is 16.3 Å². The Morgan fingerprint density at radius 3 is 2.47 bits per heavy atom. The molecular weight excluding hydrogens is 245 g/mol. The van der Waals surface area contributed by atoms with Crippen molar-refractivity contribution in [2.75, 3.05) is 0 Å². The van der Waals surface area contributed by atoms with Gasteiger partial charge in [-0.25, -0.2) is 4.39 Å². The van der Waals surface area contributed by atoms with Gasteiger partial charge in [-0.2, -0.15) is 0 Å². The van der Waals surface area contributed by atoms with Crippen molar-refractivity contribution >= 4 is 12.4 Å². The van der Waals surface area contributed by atoms with Gasteiger partial charge in [0.15, 0.2) is 0 Å². The molecule has 0 aromatic heterocycles. The normalized spacial score (nSPS) is 15.8. The van der Waals surface area contributed by atoms with Crippen LogP contribution in [0.5, 0.6) is 5.75 Å². The van der Waals surface area contributed by atoms with E-state index in [1.807, 2.05) is 13.8 Å². The lowest BCUT2D eigenvalue weighted by Crippen LogP contribution is -2.32. The van der Waals surface area contributed by atoms with Gasteiger partial charge in [0.2, 0.25) is 0 Å². The lowest BCUT2D eigenvalue weighted by Gasteiger charge is -2.24. The number of aliphatic hydroxyl groups is 1. The molecule has 1 unspecified atom stereocenters. The van der Waals surface area contributed by atoms with Crippen molar-refractivity contribution in [3.63, 3.8) is 0 Å². The van der Waals surface area contributed by atoms with Crippen LogP contribution >= 0.6 is 12.4 Å². The third kappa shape index (κ3) is 3.84. The average molecular weight is 264 g/mol. The summed E-state index contributed by atoms with van der Waals surface area (Å²) in [6, 6.07) is 3.00. The molecule has 0 saturated heterocycles. The highest BCUT2D eigenvalue weighted by Gasteiger charge is 2.24. The van der Waals surface area contributed by atoms with Gasteiger partial charge in [-0.1, -0.05) is 26.3 Å². The predicted molar refractivity (Wildman–Crippen MR) is 67.7 cm³/mol. The van der Waals surface area contributed by atoms with Crippen LogP contribution < -0.4 is 5.73 Å². The van der Waals surface area contributed by atoms with Crippen molar-refractivity contribution in [1.82, 2.24) is 0 Å². The summed E-state index contributed by atoms with van der Waals surface area (Å²) >= 11 is 0. The van der Waals surface area contributed by atoms with Crippen LogP contribution in [0.1, 0.15) is 31.9 Å². The molecule has 17 heavy (non-hydrogen) atoms. The predicted octanol–water partition coefficient (Wildman–Crippen LogP) is 2.36. The maximum Gasteiger partial charge on any atom is 0.131 e. The zero-order valence-electron chi connectivity index (χ0n) is 9.93. The third-order valence-electron chi connectivity index (χ3n) is 2.94. The van der Waals surface area contributed by atoms with Gasteiger partial charge >= 0.3 is 0 Å². The molecule has 0 radical (unpaired) electrons. The number of phenols is 1. The van der Waals surface area contributed by atoms with Crippen LogP contribution in [0.2, 0.25) is 0 Å². The molecular formula is C12H19ClFNO2. The Balaban J connectivity index is 0.00000256. The number of hydrogen-bond donors (Lipinski definition) is 3. The first kappa shape index (κ1) is 16.2. The van der Waals surface area contributed by atoms with Gasteiger partial charge in [0.05, 0.1) is 12.1 Å². The van der Waals surface area contributed by atoms with Crippen molar-refractivity contribution in [1.29, 1.82) is 0 Å². The number of aromatic hydroxyl groups is 1. The summed E-state index contributed by atoms with van der Waals surface area (Å²) in [7, 11) is 0. The van der Waals surface area contributed by atoms with Gasteiger partial charge < -0.3 is 15.9 Å². The van der Waals surface area contributed by atoms with Gasteiger partial charge in [0, 0.05) is 11.6 Å². The van der Waals surface area contributed by atoms with Gasteiger partial charge in [0.1, 0.15) is 11.6 Å². The maximum absolute atomic E-state index is 13.5. The van der Waals surface area contributed by atoms with Crippen molar-refractivity contribution < 1.29 is 14.6 Å². The first-order chi connectivity index (χ1) is 7.47. The van der Waals surface area contributed by atoms with Gasteiger partial charge in [-0.3, -0.25) is 0 Å². The van der Waals surface area contributed by atoms with E-state index in [0.717, 1.165) is 12.5 Å². The molecule has 0 amide bonds. The van der Waals surface area contributed by atoms with E-state index in [1.165, 1.54) is 12.1 Å². The van der Waals surface area contributed by atoms with Crippen LogP contribution in [0, 0.1) is 11.7 Å². The Kier molecular flexibility index (Phi) is 6.45. The first-order valence-corrected chi connectivity index (χ1v) is 5.39. The minimum Gasteiger partial charge on any atom is -0.508 e. The fourth-order valence-corrected chi connectivity index (χ4v) is 1.57. The standard InChI is InChI=1S/C12H18FNO2.ClH/c1-3-7(2)12(16)11(14)9-5-4-8(15)6-10(9)13;/h4-7,11-12,15-16H,3,14H2,1-2H3;1H/t7?,11-,12+;/m1./s1. The molecule has 0 fully saturated rings. The molecule has 1 aromatic rings. The molecule has 0 aliphatic carbocycles. The monoisotopic (exact) mass is 263 g/mol. The lowest BCUT2D eigenvalue weighted by atomic mass is 9.91. The molecule has 5 heteroatoms. The number of nitrogens with two attached hydrogens (primary N) is 1. The second-order valence-electron chi connectivity index (χ2n) is 4.11. The minimum atomic E-state index is -0.788. The van der Waals surface area contributed by atoms with E-state index in [2.05, 4.69) is 0 Å². The second-order valence-corrected chi connectivity index (χ2v) is 4.11. The molecule has 1 aromatic carbocycles. The molecule has 0 bridgehead atoms. The van der Waals surface area contributed by atoms with Crippen molar-refractivity contribution in [3.8, 4) is 5.75 Å². The number of hydrogen-bond acceptors (Lipinski definition) is 3. The highest BCUT2D eigenvalue weighted by Crippen LogP contribution is 2.25. The van der Waals surface area contributed by atoms with Gasteiger partial charge in [-0.15, -0.1) is 12.4 Å². The van der Waals surface area contributed by atoms with Crippen LogP contribution in [0.15, 0.2) is 18.2 Å². The first-order valence-electron chi connectivity index (χ1n) is 5.39. The number of halogens is 2. The summed E-state index contributed by atoms with van der Waals surface area (Å²) in [4.78, 5) is 0. The van der Waals surface area contributed by atoms with Crippen molar-refractivity contribution in [3.05, 3.63) is 29.6 Å². The fourth-order valence-electron chi connectivity index (χ4n) is 1.57. The Hall–Kier alpha value is -0.840. The molecule has 0 heterocycles. The Morgan fingerprint density at radius 2 is 2.00 bits per heavy atom. The highest BCUT2D eigenvalue weighted by molar-refractivity contribution is 5.85. The quantitative estimate of drug-likeness (QED) is 0.781. The zero-order chi connectivity index (χ0) is 12.3. The Bertz CT molecular complexity index is 362. The summed E-state index contributed by atoms with van der Waals surface area (Å²) in [5, 5.41) is 18.9. The molecule has 3 atom stereocenters. The molecule has 3 nitrogen and oxygen atoms in total. The zero-order valence-corrected chi connectivity index (χ0v) is 10.7. The Labute approximate surface area is 107 Å². The molecule has 0 aliphatic heterocycles. The number of rotatable bonds is 4. The molecule has 0 spiro atoms. The van der Waals surface area contributed by atoms with Crippen molar-refractivity contribution in [2.24, 2.45) is 11.7 Å². The van der Waals surface area contributed by atoms with E-state index < -0.39 is 18.0 Å². The molecule has 0 aliphatic rings. The smallest absolute Gasteiger partial charge is 0.131 e. The van der Waals surface area contributed by atoms with E-state index in [9.17, 15) is 9.50 Å². The Morgan fingerprint density at radius 1 is 1.41 bits per heavy atom. The second kappa shape index (κ2) is 6.79. The SMILES string of the molecule is CCC(C)[C@H](O)[C@H](N)c1ccc(O)cc1F.Cl. The summed E-state index contributed by atoms with van der Waals surface area (Å²) in [6.07, 6.45) is -0.0155. The third-order valence-corrected chi connectivity index (χ3v) is 2.94. The molecule has 4 N–H and O–H groups in total. The number of benzene rings is 1. The van der Waals surface area contributed by atoms with Crippen LogP contribution in [-0.2, 0) is 0 Å². The van der Waals surface area contributed by atoms with Crippen LogP contribution in [0.3, 0.4) is 0 Å². The number of phenolic OH excluding ortho intramolecular Hbond substituents is 1. The lowest BCUT2D eigenvalue weighted by molar-refractivity contribution is 0.0867. The average Bonchev–Trinajstić information content (AvgIpc) is 2.26. The van der Waals surface area contributed by atoms with E-state index in [1.54, 1.807) is 0 Å². The fraction of sp³-hybridized carbons (Fsp3) is 0.500. The van der Waals surface area contributed by atoms with E-state index in [-0.39, 0.29) is 29.6 Å². The van der Waals surface area contributed by atoms with Crippen LogP contribution in [0.25, 0.3) is 0 Å². The van der Waals surface area contributed by atoms with Crippen LogP contribution in [0.4, 0.5) is 4.39 Å². The molecule has 1 rings (SSSR count). The highest BCUT2D eigenvalue weighted by atomic mass is 35.5. The molecule has 0 saturated carbocycles. The van der Waals surface area contributed by atoms with Gasteiger partial charge in [-0.05, 0) is 12.0 Å². The minimum absolute atomic E-state index is 0. The van der Waals surface area contributed by atoms with E-state index >= 15 is 0 Å². The summed E-state index contributed by atoms with van der Waals surface area (Å²) in [5.41, 5.74) is 6.02. The van der Waals surface area contributed by atoms with E-state index in [4.69, 9.17) is 10.8 Å². The topological polar surface area (TPSA) is 66.5 Å². The van der Waals surface area contributed by atoms with Gasteiger partial charge in [0.25, 0.3) is 0 Å². The maximum atomic E-state index is 13.5. The number of aliphatic hydroxyl groups excluding tert-OH is 1. The largest absolute Gasteiger partial charge is 0.508 e. The summed E-state index contributed by atoms with van der Waals surface area (Å²) in [6.45, 7) is 3.80. The molecule has 98 valence electrons. The summed E-state index contributed by atoms with van der Waals surface area (Å²) in [5.74, 6) is -0.732.